The van der Waals surface area contributed by atoms with Crippen LogP contribution in [-0.4, -0.2) is 45.8 Å². The fourth-order valence-corrected chi connectivity index (χ4v) is 3.33. The summed E-state index contributed by atoms with van der Waals surface area (Å²) in [5.74, 6) is -1.48. The summed E-state index contributed by atoms with van der Waals surface area (Å²) >= 11 is 0. The van der Waals surface area contributed by atoms with E-state index in [1.54, 1.807) is 6.92 Å². The van der Waals surface area contributed by atoms with Gasteiger partial charge in [0.05, 0.1) is 24.6 Å². The third kappa shape index (κ3) is 8.30. The highest BCUT2D eigenvalue weighted by Gasteiger charge is 2.33. The molecule has 2 aromatic rings. The molecule has 0 bridgehead atoms. The van der Waals surface area contributed by atoms with Crippen LogP contribution in [0.4, 0.5) is 29.1 Å². The van der Waals surface area contributed by atoms with Crippen LogP contribution in [0.3, 0.4) is 0 Å². The summed E-state index contributed by atoms with van der Waals surface area (Å²) in [6.45, 7) is 2.01. The molecule has 0 fully saturated rings. The number of alkyl halides is 3. The topological polar surface area (TPSA) is 109 Å². The molecule has 0 aliphatic heterocycles. The maximum atomic E-state index is 14.2. The predicted octanol–water partition coefficient (Wildman–Crippen LogP) is 3.56. The molecule has 34 heavy (non-hydrogen) atoms. The first-order valence-corrected chi connectivity index (χ1v) is 11.8. The van der Waals surface area contributed by atoms with Gasteiger partial charge >= 0.3 is 6.18 Å². The van der Waals surface area contributed by atoms with E-state index in [-0.39, 0.29) is 30.2 Å². The van der Waals surface area contributed by atoms with Crippen LogP contribution in [0.25, 0.3) is 6.08 Å². The molecule has 1 atom stereocenters. The van der Waals surface area contributed by atoms with Gasteiger partial charge in [0.1, 0.15) is 17.3 Å². The van der Waals surface area contributed by atoms with Gasteiger partial charge in [0.15, 0.2) is 0 Å². The summed E-state index contributed by atoms with van der Waals surface area (Å²) in [6.07, 6.45) is -1.34. The van der Waals surface area contributed by atoms with Gasteiger partial charge in [0.25, 0.3) is 0 Å². The number of ether oxygens (including phenoxy) is 1. The highest BCUT2D eigenvalue weighted by Crippen LogP contribution is 2.30. The van der Waals surface area contributed by atoms with Crippen molar-refractivity contribution in [1.82, 2.24) is 10.3 Å². The minimum atomic E-state index is -4.63. The van der Waals surface area contributed by atoms with Gasteiger partial charge in [-0.05, 0) is 42.8 Å². The maximum absolute atomic E-state index is 14.2. The lowest BCUT2D eigenvalue weighted by Gasteiger charge is -2.15. The zero-order valence-electron chi connectivity index (χ0n) is 18.5. The van der Waals surface area contributed by atoms with Gasteiger partial charge in [0.2, 0.25) is 15.9 Å². The fraction of sp³-hybridized carbons (Fsp3) is 0.333. The minimum absolute atomic E-state index is 0.0694. The van der Waals surface area contributed by atoms with Crippen molar-refractivity contribution >= 4 is 33.5 Å². The molecule has 1 amide bonds. The number of rotatable bonds is 10. The van der Waals surface area contributed by atoms with Gasteiger partial charge < -0.3 is 15.4 Å². The SMILES string of the molecule is COCCNc1nc(C(F)(F)F)ccc1C=CC(=O)N[C@H](C)c1ccc(NS(C)(=O)=O)c(F)c1. The van der Waals surface area contributed by atoms with E-state index in [1.807, 2.05) is 4.72 Å². The number of amides is 1. The second-order valence-corrected chi connectivity index (χ2v) is 8.98. The van der Waals surface area contributed by atoms with Gasteiger partial charge in [-0.15, -0.1) is 0 Å². The minimum Gasteiger partial charge on any atom is -0.383 e. The summed E-state index contributed by atoms with van der Waals surface area (Å²) in [5, 5.41) is 5.33. The largest absolute Gasteiger partial charge is 0.433 e. The Balaban J connectivity index is 2.13. The lowest BCUT2D eigenvalue weighted by molar-refractivity contribution is -0.141. The highest BCUT2D eigenvalue weighted by atomic mass is 32.2. The molecular weight excluding hydrogens is 480 g/mol. The van der Waals surface area contributed by atoms with Gasteiger partial charge in [-0.1, -0.05) is 6.07 Å². The standard InChI is InChI=1S/C21H24F4N4O4S/c1-13(15-4-7-17(16(22)12-15)29-34(3,31)32)27-19(30)9-6-14-5-8-18(21(23,24)25)28-20(14)26-10-11-33-2/h4-9,12-13,29H,10-11H2,1-3H3,(H,26,28)(H,27,30)/t13-/m1/s1. The molecule has 2 rings (SSSR count). The second kappa shape index (κ2) is 11.3. The van der Waals surface area contributed by atoms with Crippen molar-refractivity contribution < 1.29 is 35.5 Å². The number of aromatic nitrogens is 1. The average molecular weight is 505 g/mol. The Bertz CT molecular complexity index is 1150. The Kier molecular flexibility index (Phi) is 8.99. The number of benzene rings is 1. The number of carbonyl (C=O) groups excluding carboxylic acids is 1. The van der Waals surface area contributed by atoms with E-state index in [0.29, 0.717) is 5.56 Å². The molecule has 0 radical (unpaired) electrons. The van der Waals surface area contributed by atoms with E-state index in [9.17, 15) is 30.8 Å². The van der Waals surface area contributed by atoms with Gasteiger partial charge in [-0.2, -0.15) is 13.2 Å². The molecule has 0 unspecified atom stereocenters. The molecule has 3 N–H and O–H groups in total. The summed E-state index contributed by atoms with van der Waals surface area (Å²) < 4.78 is 82.6. The molecule has 0 saturated heterocycles. The van der Waals surface area contributed by atoms with E-state index in [4.69, 9.17) is 4.74 Å². The Labute approximate surface area is 194 Å². The average Bonchev–Trinajstić information content (AvgIpc) is 2.72. The Hall–Kier alpha value is -3.19. The second-order valence-electron chi connectivity index (χ2n) is 7.23. The Morgan fingerprint density at radius 3 is 2.53 bits per heavy atom. The molecule has 0 spiro atoms. The number of nitrogens with zero attached hydrogens (tertiary/aromatic N) is 1. The van der Waals surface area contributed by atoms with Crippen LogP contribution in [0, 0.1) is 5.82 Å². The highest BCUT2D eigenvalue weighted by molar-refractivity contribution is 7.92. The van der Waals surface area contributed by atoms with Crippen molar-refractivity contribution in [2.75, 3.05) is 36.6 Å². The Morgan fingerprint density at radius 1 is 1.24 bits per heavy atom. The molecule has 0 saturated carbocycles. The smallest absolute Gasteiger partial charge is 0.383 e. The quantitative estimate of drug-likeness (QED) is 0.259. The van der Waals surface area contributed by atoms with Crippen LogP contribution in [0.1, 0.15) is 29.8 Å². The molecule has 1 aromatic heterocycles. The number of pyridine rings is 1. The van der Waals surface area contributed by atoms with Crippen molar-refractivity contribution in [2.24, 2.45) is 0 Å². The van der Waals surface area contributed by atoms with Crippen LogP contribution in [0.15, 0.2) is 36.4 Å². The summed E-state index contributed by atoms with van der Waals surface area (Å²) in [5.41, 5.74) is -0.697. The lowest BCUT2D eigenvalue weighted by atomic mass is 10.1. The zero-order chi connectivity index (χ0) is 25.5. The number of hydrogen-bond donors (Lipinski definition) is 3. The van der Waals surface area contributed by atoms with Crippen molar-refractivity contribution in [3.63, 3.8) is 0 Å². The summed E-state index contributed by atoms with van der Waals surface area (Å²) in [7, 11) is -2.22. The van der Waals surface area contributed by atoms with Crippen molar-refractivity contribution in [3.8, 4) is 0 Å². The Morgan fingerprint density at radius 2 is 1.94 bits per heavy atom. The van der Waals surface area contributed by atoms with E-state index < -0.39 is 39.7 Å². The molecular formula is C21H24F4N4O4S. The van der Waals surface area contributed by atoms with Gasteiger partial charge in [0, 0.05) is 25.3 Å². The third-order valence-corrected chi connectivity index (χ3v) is 4.97. The molecule has 1 aromatic carbocycles. The number of methoxy groups -OCH3 is 1. The molecule has 186 valence electrons. The number of anilines is 2. The first-order valence-electron chi connectivity index (χ1n) is 9.87. The number of nitrogens with one attached hydrogen (secondary N) is 3. The molecule has 0 aliphatic rings. The van der Waals surface area contributed by atoms with Crippen LogP contribution in [-0.2, 0) is 25.7 Å². The van der Waals surface area contributed by atoms with E-state index in [0.717, 1.165) is 24.5 Å². The molecule has 0 aliphatic carbocycles. The number of sulfonamides is 1. The van der Waals surface area contributed by atoms with E-state index >= 15 is 0 Å². The first kappa shape index (κ1) is 27.1. The zero-order valence-corrected chi connectivity index (χ0v) is 19.3. The number of carbonyl (C=O) groups is 1. The van der Waals surface area contributed by atoms with Crippen LogP contribution < -0.4 is 15.4 Å². The summed E-state index contributed by atoms with van der Waals surface area (Å²) in [6, 6.07) is 5.10. The van der Waals surface area contributed by atoms with Gasteiger partial charge in [-0.3, -0.25) is 9.52 Å². The van der Waals surface area contributed by atoms with Gasteiger partial charge in [-0.25, -0.2) is 17.8 Å². The first-order chi connectivity index (χ1) is 15.8. The summed E-state index contributed by atoms with van der Waals surface area (Å²) in [4.78, 5) is 15.9. The van der Waals surface area contributed by atoms with E-state index in [2.05, 4.69) is 15.6 Å². The van der Waals surface area contributed by atoms with Crippen molar-refractivity contribution in [1.29, 1.82) is 0 Å². The monoisotopic (exact) mass is 504 g/mol. The number of halogens is 4. The normalized spacial score (nSPS) is 13.0. The molecule has 8 nitrogen and oxygen atoms in total. The van der Waals surface area contributed by atoms with Crippen molar-refractivity contribution in [3.05, 3.63) is 59.0 Å². The predicted molar refractivity (Wildman–Crippen MR) is 120 cm³/mol. The van der Waals surface area contributed by atoms with Crippen LogP contribution in [0.2, 0.25) is 0 Å². The molecule has 13 heteroatoms. The molecule has 1 heterocycles. The van der Waals surface area contributed by atoms with Crippen LogP contribution >= 0.6 is 0 Å². The van der Waals surface area contributed by atoms with Crippen molar-refractivity contribution in [2.45, 2.75) is 19.1 Å². The van der Waals surface area contributed by atoms with Crippen LogP contribution in [0.5, 0.6) is 0 Å². The fourth-order valence-electron chi connectivity index (χ4n) is 2.77. The lowest BCUT2D eigenvalue weighted by Crippen LogP contribution is -2.24. The number of hydrogen-bond acceptors (Lipinski definition) is 6. The maximum Gasteiger partial charge on any atom is 0.433 e. The third-order valence-electron chi connectivity index (χ3n) is 4.38. The van der Waals surface area contributed by atoms with E-state index in [1.165, 1.54) is 31.4 Å².